The van der Waals surface area contributed by atoms with Crippen molar-refractivity contribution in [3.05, 3.63) is 0 Å². The van der Waals surface area contributed by atoms with E-state index in [2.05, 4.69) is 24.5 Å². The van der Waals surface area contributed by atoms with Gasteiger partial charge in [-0.1, -0.05) is 39.0 Å². The largest absolute Gasteiger partial charge is 0.336 e. The van der Waals surface area contributed by atoms with E-state index in [0.29, 0.717) is 12.1 Å². The van der Waals surface area contributed by atoms with Crippen LogP contribution in [0.3, 0.4) is 0 Å². The first-order valence-corrected chi connectivity index (χ1v) is 6.79. The fourth-order valence-electron chi connectivity index (χ4n) is 2.29. The molecule has 94 valence electrons. The summed E-state index contributed by atoms with van der Waals surface area (Å²) in [5.41, 5.74) is 0. The Balaban J connectivity index is 2.07. The van der Waals surface area contributed by atoms with Gasteiger partial charge in [-0.15, -0.1) is 0 Å². The predicted octanol–water partition coefficient (Wildman–Crippen LogP) is 3.20. The molecule has 1 fully saturated rings. The number of carbonyl (C=O) groups is 1. The summed E-state index contributed by atoms with van der Waals surface area (Å²) >= 11 is 0. The molecule has 1 saturated carbocycles. The van der Waals surface area contributed by atoms with Crippen molar-refractivity contribution in [1.29, 1.82) is 0 Å². The van der Waals surface area contributed by atoms with E-state index in [4.69, 9.17) is 0 Å². The highest BCUT2D eigenvalue weighted by Gasteiger charge is 2.17. The summed E-state index contributed by atoms with van der Waals surface area (Å²) in [5.74, 6) is 0. The van der Waals surface area contributed by atoms with Gasteiger partial charge < -0.3 is 10.6 Å². The lowest BCUT2D eigenvalue weighted by Gasteiger charge is -2.17. The van der Waals surface area contributed by atoms with Gasteiger partial charge in [-0.2, -0.15) is 0 Å². The van der Waals surface area contributed by atoms with Gasteiger partial charge in [-0.05, 0) is 26.2 Å². The highest BCUT2D eigenvalue weighted by Crippen LogP contribution is 2.17. The molecule has 0 aromatic heterocycles. The lowest BCUT2D eigenvalue weighted by Crippen LogP contribution is -2.44. The minimum absolute atomic E-state index is 0.0240. The molecule has 1 atom stereocenters. The molecule has 0 aliphatic heterocycles. The van der Waals surface area contributed by atoms with Crippen LogP contribution >= 0.6 is 0 Å². The molecule has 1 aliphatic carbocycles. The van der Waals surface area contributed by atoms with Crippen LogP contribution in [0, 0.1) is 0 Å². The zero-order chi connectivity index (χ0) is 11.8. The quantitative estimate of drug-likeness (QED) is 0.671. The maximum absolute atomic E-state index is 11.6. The molecule has 0 saturated heterocycles. The van der Waals surface area contributed by atoms with Crippen LogP contribution < -0.4 is 10.6 Å². The number of nitrogens with one attached hydrogen (secondary N) is 2. The molecule has 3 nitrogen and oxygen atoms in total. The number of carbonyl (C=O) groups excluding carboxylic acids is 1. The summed E-state index contributed by atoms with van der Waals surface area (Å²) in [4.78, 5) is 11.6. The van der Waals surface area contributed by atoms with Crippen molar-refractivity contribution in [2.24, 2.45) is 0 Å². The van der Waals surface area contributed by atoms with Crippen molar-refractivity contribution in [2.45, 2.75) is 77.3 Å². The van der Waals surface area contributed by atoms with Gasteiger partial charge in [0.05, 0.1) is 0 Å². The fourth-order valence-corrected chi connectivity index (χ4v) is 2.29. The van der Waals surface area contributed by atoms with E-state index >= 15 is 0 Å². The highest BCUT2D eigenvalue weighted by atomic mass is 16.2. The first kappa shape index (κ1) is 13.3. The molecule has 0 aromatic rings. The molecule has 0 spiro atoms. The van der Waals surface area contributed by atoms with E-state index in [1.54, 1.807) is 0 Å². The summed E-state index contributed by atoms with van der Waals surface area (Å²) in [6, 6.07) is 0.742. The number of amides is 2. The SMILES string of the molecule is CCCCCC(C)NC(=O)NC1CCCC1. The first-order valence-electron chi connectivity index (χ1n) is 6.79. The van der Waals surface area contributed by atoms with Crippen LogP contribution in [0.1, 0.15) is 65.2 Å². The Hall–Kier alpha value is -0.730. The topological polar surface area (TPSA) is 41.1 Å². The van der Waals surface area contributed by atoms with Crippen molar-refractivity contribution in [1.82, 2.24) is 10.6 Å². The van der Waals surface area contributed by atoms with Crippen molar-refractivity contribution in [2.75, 3.05) is 0 Å². The van der Waals surface area contributed by atoms with E-state index in [0.717, 1.165) is 19.3 Å². The summed E-state index contributed by atoms with van der Waals surface area (Å²) in [7, 11) is 0. The predicted molar refractivity (Wildman–Crippen MR) is 67.5 cm³/mol. The Morgan fingerprint density at radius 2 is 2.00 bits per heavy atom. The lowest BCUT2D eigenvalue weighted by molar-refractivity contribution is 0.233. The van der Waals surface area contributed by atoms with E-state index < -0.39 is 0 Å². The van der Waals surface area contributed by atoms with E-state index in [1.807, 2.05) is 0 Å². The molecule has 2 amide bonds. The molecular formula is C13H26N2O. The summed E-state index contributed by atoms with van der Waals surface area (Å²) in [6.07, 6.45) is 9.62. The molecular weight excluding hydrogens is 200 g/mol. The maximum Gasteiger partial charge on any atom is 0.315 e. The summed E-state index contributed by atoms with van der Waals surface area (Å²) in [5, 5.41) is 6.07. The van der Waals surface area contributed by atoms with Gasteiger partial charge in [-0.25, -0.2) is 4.79 Å². The van der Waals surface area contributed by atoms with Crippen molar-refractivity contribution >= 4 is 6.03 Å². The Morgan fingerprint density at radius 1 is 1.31 bits per heavy atom. The van der Waals surface area contributed by atoms with Crippen molar-refractivity contribution in [3.8, 4) is 0 Å². The van der Waals surface area contributed by atoms with Crippen LogP contribution in [0.25, 0.3) is 0 Å². The number of unbranched alkanes of at least 4 members (excludes halogenated alkanes) is 2. The number of rotatable bonds is 6. The number of hydrogen-bond acceptors (Lipinski definition) is 1. The highest BCUT2D eigenvalue weighted by molar-refractivity contribution is 5.74. The van der Waals surface area contributed by atoms with Crippen LogP contribution in [0.4, 0.5) is 4.79 Å². The van der Waals surface area contributed by atoms with Gasteiger partial charge in [-0.3, -0.25) is 0 Å². The molecule has 16 heavy (non-hydrogen) atoms. The molecule has 2 N–H and O–H groups in total. The van der Waals surface area contributed by atoms with E-state index in [9.17, 15) is 4.79 Å². The molecule has 0 radical (unpaired) electrons. The molecule has 0 heterocycles. The van der Waals surface area contributed by atoms with Crippen molar-refractivity contribution in [3.63, 3.8) is 0 Å². The van der Waals surface area contributed by atoms with Crippen LogP contribution in [0.2, 0.25) is 0 Å². The van der Waals surface area contributed by atoms with Crippen LogP contribution in [-0.4, -0.2) is 18.1 Å². The monoisotopic (exact) mass is 226 g/mol. The van der Waals surface area contributed by atoms with Gasteiger partial charge in [0.15, 0.2) is 0 Å². The lowest BCUT2D eigenvalue weighted by atomic mass is 10.1. The van der Waals surface area contributed by atoms with E-state index in [1.165, 1.54) is 32.1 Å². The average molecular weight is 226 g/mol. The molecule has 1 unspecified atom stereocenters. The third kappa shape index (κ3) is 5.38. The Labute approximate surface area is 99.4 Å². The third-order valence-corrected chi connectivity index (χ3v) is 3.31. The second-order valence-corrected chi connectivity index (χ2v) is 5.00. The average Bonchev–Trinajstić information content (AvgIpc) is 2.70. The molecule has 1 rings (SSSR count). The molecule has 0 bridgehead atoms. The maximum atomic E-state index is 11.6. The van der Waals surface area contributed by atoms with Crippen LogP contribution in [0.5, 0.6) is 0 Å². The van der Waals surface area contributed by atoms with Gasteiger partial charge in [0.2, 0.25) is 0 Å². The Kier molecular flexibility index (Phi) is 6.27. The fraction of sp³-hybridized carbons (Fsp3) is 0.923. The van der Waals surface area contributed by atoms with Crippen LogP contribution in [-0.2, 0) is 0 Å². The minimum atomic E-state index is 0.0240. The number of urea groups is 1. The summed E-state index contributed by atoms with van der Waals surface area (Å²) in [6.45, 7) is 4.29. The van der Waals surface area contributed by atoms with Gasteiger partial charge in [0.25, 0.3) is 0 Å². The zero-order valence-electron chi connectivity index (χ0n) is 10.7. The van der Waals surface area contributed by atoms with Gasteiger partial charge >= 0.3 is 6.03 Å². The normalized spacial score (nSPS) is 18.4. The smallest absolute Gasteiger partial charge is 0.315 e. The summed E-state index contributed by atoms with van der Waals surface area (Å²) < 4.78 is 0. The number of hydrogen-bond donors (Lipinski definition) is 2. The standard InChI is InChI=1S/C13H26N2O/c1-3-4-5-8-11(2)14-13(16)15-12-9-6-7-10-12/h11-12H,3-10H2,1-2H3,(H2,14,15,16). The molecule has 1 aliphatic rings. The molecule has 3 heteroatoms. The second kappa shape index (κ2) is 7.53. The third-order valence-electron chi connectivity index (χ3n) is 3.31. The van der Waals surface area contributed by atoms with Crippen molar-refractivity contribution < 1.29 is 4.79 Å². The zero-order valence-corrected chi connectivity index (χ0v) is 10.7. The second-order valence-electron chi connectivity index (χ2n) is 5.00. The Bertz CT molecular complexity index is 200. The first-order chi connectivity index (χ1) is 7.72. The minimum Gasteiger partial charge on any atom is -0.336 e. The molecule has 0 aromatic carbocycles. The van der Waals surface area contributed by atoms with Gasteiger partial charge in [0, 0.05) is 12.1 Å². The van der Waals surface area contributed by atoms with Gasteiger partial charge in [0.1, 0.15) is 0 Å². The van der Waals surface area contributed by atoms with E-state index in [-0.39, 0.29) is 6.03 Å². The Morgan fingerprint density at radius 3 is 2.62 bits per heavy atom. The van der Waals surface area contributed by atoms with Crippen LogP contribution in [0.15, 0.2) is 0 Å².